The van der Waals surface area contributed by atoms with Crippen molar-refractivity contribution in [1.29, 1.82) is 0 Å². The van der Waals surface area contributed by atoms with Gasteiger partial charge in [0.1, 0.15) is 0 Å². The normalized spacial score (nSPS) is 13.2. The molecule has 1 aliphatic rings. The van der Waals surface area contributed by atoms with E-state index < -0.39 is 11.8 Å². The molecule has 0 fully saturated rings. The number of carbonyl (C=O) groups is 3. The Hall–Kier alpha value is -4.27. The summed E-state index contributed by atoms with van der Waals surface area (Å²) in [6, 6.07) is 8.21. The van der Waals surface area contributed by atoms with Gasteiger partial charge in [-0.05, 0) is 58.0 Å². The second-order valence-corrected chi connectivity index (χ2v) is 7.74. The Morgan fingerprint density at radius 1 is 0.938 bits per heavy atom. The topological polar surface area (TPSA) is 111 Å². The zero-order valence-corrected chi connectivity index (χ0v) is 17.9. The molecule has 0 saturated carbocycles. The predicted molar refractivity (Wildman–Crippen MR) is 116 cm³/mol. The van der Waals surface area contributed by atoms with Crippen molar-refractivity contribution in [2.24, 2.45) is 0 Å². The van der Waals surface area contributed by atoms with Crippen molar-refractivity contribution < 1.29 is 14.4 Å². The Bertz CT molecular complexity index is 1450. The van der Waals surface area contributed by atoms with Crippen LogP contribution in [0, 0.1) is 20.8 Å². The van der Waals surface area contributed by atoms with E-state index in [0.717, 1.165) is 16.3 Å². The van der Waals surface area contributed by atoms with Crippen molar-refractivity contribution in [1.82, 2.24) is 24.7 Å². The number of hydrogen-bond donors (Lipinski definition) is 0. The van der Waals surface area contributed by atoms with Crippen LogP contribution in [0.2, 0.25) is 0 Å². The SMILES string of the molecule is CC(=O)c1ccc(N2C(=O)c3cnc4c(c(C)nn4-c4nc(C)cc(C)n4)c3C2=O)cc1. The second-order valence-electron chi connectivity index (χ2n) is 7.74. The first-order chi connectivity index (χ1) is 15.3. The molecule has 4 aromatic rings. The molecular weight excluding hydrogens is 408 g/mol. The van der Waals surface area contributed by atoms with Crippen LogP contribution in [-0.4, -0.2) is 42.3 Å². The smallest absolute Gasteiger partial charge is 0.267 e. The highest BCUT2D eigenvalue weighted by Gasteiger charge is 2.40. The summed E-state index contributed by atoms with van der Waals surface area (Å²) in [5, 5.41) is 5.01. The molecule has 1 aliphatic heterocycles. The van der Waals surface area contributed by atoms with Crippen molar-refractivity contribution in [3.8, 4) is 5.95 Å². The molecule has 0 N–H and O–H groups in total. The summed E-state index contributed by atoms with van der Waals surface area (Å²) >= 11 is 0. The number of benzene rings is 1. The van der Waals surface area contributed by atoms with Gasteiger partial charge < -0.3 is 0 Å². The average molecular weight is 426 g/mol. The minimum Gasteiger partial charge on any atom is -0.295 e. The highest BCUT2D eigenvalue weighted by atomic mass is 16.2. The summed E-state index contributed by atoms with van der Waals surface area (Å²) in [6.45, 7) is 6.93. The number of pyridine rings is 1. The van der Waals surface area contributed by atoms with E-state index in [1.54, 1.807) is 31.2 Å². The fourth-order valence-corrected chi connectivity index (χ4v) is 3.98. The van der Waals surface area contributed by atoms with Crippen LogP contribution in [0.4, 0.5) is 5.69 Å². The lowest BCUT2D eigenvalue weighted by Crippen LogP contribution is -2.29. The monoisotopic (exact) mass is 426 g/mol. The van der Waals surface area contributed by atoms with E-state index in [9.17, 15) is 14.4 Å². The van der Waals surface area contributed by atoms with Crippen molar-refractivity contribution in [3.05, 3.63) is 70.3 Å². The number of fused-ring (bicyclic) bond motifs is 3. The zero-order chi connectivity index (χ0) is 22.7. The molecule has 1 aromatic carbocycles. The molecule has 9 nitrogen and oxygen atoms in total. The lowest BCUT2D eigenvalue weighted by Gasteiger charge is -2.14. The molecule has 0 radical (unpaired) electrons. The molecule has 0 spiro atoms. The van der Waals surface area contributed by atoms with Crippen molar-refractivity contribution in [2.75, 3.05) is 4.90 Å². The van der Waals surface area contributed by atoms with E-state index >= 15 is 0 Å². The number of imide groups is 1. The van der Waals surface area contributed by atoms with Crippen LogP contribution in [0.3, 0.4) is 0 Å². The first-order valence-electron chi connectivity index (χ1n) is 9.97. The number of rotatable bonds is 3. The largest absolute Gasteiger partial charge is 0.295 e. The maximum atomic E-state index is 13.4. The standard InChI is InChI=1S/C23H18N6O3/c1-11-9-12(2)26-23(25-11)29-20-18(13(3)27-29)19-17(10-24-20)21(31)28(22(19)32)16-7-5-15(6-8-16)14(4)30/h5-10H,1-4H3. The first kappa shape index (κ1) is 19.7. The van der Waals surface area contributed by atoms with Gasteiger partial charge in [-0.1, -0.05) is 0 Å². The third-order valence-corrected chi connectivity index (χ3v) is 5.41. The van der Waals surface area contributed by atoms with Crippen LogP contribution < -0.4 is 4.90 Å². The summed E-state index contributed by atoms with van der Waals surface area (Å²) in [6.07, 6.45) is 1.39. The molecule has 0 bridgehead atoms. The number of hydrogen-bond acceptors (Lipinski definition) is 7. The number of nitrogens with zero attached hydrogens (tertiary/aromatic N) is 6. The highest BCUT2D eigenvalue weighted by Crippen LogP contribution is 2.34. The first-order valence-corrected chi connectivity index (χ1v) is 9.97. The predicted octanol–water partition coefficient (Wildman–Crippen LogP) is 3.14. The van der Waals surface area contributed by atoms with Crippen molar-refractivity contribution in [2.45, 2.75) is 27.7 Å². The Labute approximate surface area is 182 Å². The van der Waals surface area contributed by atoms with Gasteiger partial charge in [0.15, 0.2) is 11.4 Å². The van der Waals surface area contributed by atoms with E-state index in [4.69, 9.17) is 0 Å². The van der Waals surface area contributed by atoms with Gasteiger partial charge >= 0.3 is 0 Å². The van der Waals surface area contributed by atoms with Gasteiger partial charge in [-0.2, -0.15) is 9.78 Å². The minimum atomic E-state index is -0.468. The Morgan fingerprint density at radius 2 is 1.59 bits per heavy atom. The quantitative estimate of drug-likeness (QED) is 0.365. The van der Waals surface area contributed by atoms with Crippen LogP contribution in [0.25, 0.3) is 17.0 Å². The summed E-state index contributed by atoms with van der Waals surface area (Å²) in [5.74, 6) is -0.676. The van der Waals surface area contributed by atoms with Gasteiger partial charge in [0, 0.05) is 23.1 Å². The molecule has 158 valence electrons. The molecule has 0 aliphatic carbocycles. The van der Waals surface area contributed by atoms with E-state index in [1.165, 1.54) is 17.8 Å². The highest BCUT2D eigenvalue weighted by molar-refractivity contribution is 6.37. The van der Waals surface area contributed by atoms with Crippen LogP contribution in [0.1, 0.15) is 55.1 Å². The Morgan fingerprint density at radius 3 is 2.22 bits per heavy atom. The van der Waals surface area contributed by atoms with E-state index in [2.05, 4.69) is 20.1 Å². The molecular formula is C23H18N6O3. The molecule has 2 amide bonds. The molecule has 5 rings (SSSR count). The van der Waals surface area contributed by atoms with Gasteiger partial charge in [-0.15, -0.1) is 0 Å². The van der Waals surface area contributed by atoms with E-state index in [-0.39, 0.29) is 16.9 Å². The fraction of sp³-hybridized carbons (Fsp3) is 0.174. The Kier molecular flexibility index (Phi) is 4.23. The minimum absolute atomic E-state index is 0.0959. The zero-order valence-electron chi connectivity index (χ0n) is 17.9. The van der Waals surface area contributed by atoms with Gasteiger partial charge in [-0.3, -0.25) is 14.4 Å². The van der Waals surface area contributed by atoms with Gasteiger partial charge in [-0.25, -0.2) is 19.9 Å². The van der Waals surface area contributed by atoms with Crippen LogP contribution in [0.15, 0.2) is 36.5 Å². The van der Waals surface area contributed by atoms with E-state index in [0.29, 0.717) is 33.9 Å². The molecule has 32 heavy (non-hydrogen) atoms. The number of carbonyl (C=O) groups excluding carboxylic acids is 3. The molecule has 0 saturated heterocycles. The summed E-state index contributed by atoms with van der Waals surface area (Å²) in [7, 11) is 0. The number of aryl methyl sites for hydroxylation is 3. The van der Waals surface area contributed by atoms with Gasteiger partial charge in [0.2, 0.25) is 0 Å². The Balaban J connectivity index is 1.67. The third-order valence-electron chi connectivity index (χ3n) is 5.41. The summed E-state index contributed by atoms with van der Waals surface area (Å²) < 4.78 is 1.49. The van der Waals surface area contributed by atoms with Crippen LogP contribution in [0.5, 0.6) is 0 Å². The maximum absolute atomic E-state index is 13.4. The molecule has 0 unspecified atom stereocenters. The van der Waals surface area contributed by atoms with Crippen LogP contribution in [-0.2, 0) is 0 Å². The second kappa shape index (κ2) is 6.88. The van der Waals surface area contributed by atoms with Gasteiger partial charge in [0.05, 0.1) is 27.9 Å². The molecule has 0 atom stereocenters. The molecule has 3 aromatic heterocycles. The summed E-state index contributed by atoms with van der Waals surface area (Å²) in [5.41, 5.74) is 3.86. The van der Waals surface area contributed by atoms with Crippen LogP contribution >= 0.6 is 0 Å². The maximum Gasteiger partial charge on any atom is 0.267 e. The molecule has 9 heteroatoms. The third kappa shape index (κ3) is 2.82. The van der Waals surface area contributed by atoms with Gasteiger partial charge in [0.25, 0.3) is 17.8 Å². The number of ketones is 1. The lowest BCUT2D eigenvalue weighted by atomic mass is 10.1. The number of aromatic nitrogens is 5. The van der Waals surface area contributed by atoms with Crippen molar-refractivity contribution in [3.63, 3.8) is 0 Å². The number of anilines is 1. The fourth-order valence-electron chi connectivity index (χ4n) is 3.98. The average Bonchev–Trinajstić information content (AvgIpc) is 3.21. The van der Waals surface area contributed by atoms with Crippen molar-refractivity contribution >= 4 is 34.3 Å². The lowest BCUT2D eigenvalue weighted by molar-refractivity contribution is 0.0925. The number of Topliss-reactive ketones (excluding diaryl/α,β-unsaturated/α-hetero) is 1. The molecule has 4 heterocycles. The number of amides is 2. The van der Waals surface area contributed by atoms with E-state index in [1.807, 2.05) is 19.9 Å². The summed E-state index contributed by atoms with van der Waals surface area (Å²) in [4.78, 5) is 52.4.